The van der Waals surface area contributed by atoms with Crippen LogP contribution < -0.4 is 11.1 Å². The van der Waals surface area contributed by atoms with Gasteiger partial charge in [0, 0.05) is 30.4 Å². The fourth-order valence-electron chi connectivity index (χ4n) is 3.28. The van der Waals surface area contributed by atoms with Gasteiger partial charge in [-0.15, -0.1) is 24.8 Å². The van der Waals surface area contributed by atoms with Gasteiger partial charge in [-0.1, -0.05) is 25.4 Å². The number of nitrogens with two attached hydrogens (primary N) is 1. The molecule has 7 nitrogen and oxygen atoms in total. The first kappa shape index (κ1) is 23.3. The predicted molar refractivity (Wildman–Crippen MR) is 108 cm³/mol. The quantitative estimate of drug-likeness (QED) is 0.748. The molecule has 1 aliphatic carbocycles. The molecule has 3 rings (SSSR count). The van der Waals surface area contributed by atoms with Gasteiger partial charge in [-0.05, 0) is 36.8 Å². The minimum Gasteiger partial charge on any atom is -0.344 e. The van der Waals surface area contributed by atoms with Crippen LogP contribution in [0.3, 0.4) is 0 Å². The molecule has 1 unspecified atom stereocenters. The van der Waals surface area contributed by atoms with Gasteiger partial charge in [-0.25, -0.2) is 0 Å². The zero-order valence-corrected chi connectivity index (χ0v) is 17.1. The van der Waals surface area contributed by atoms with E-state index < -0.39 is 0 Å². The molecule has 0 bridgehead atoms. The minimum atomic E-state index is -0.317. The summed E-state index contributed by atoms with van der Waals surface area (Å²) in [6.07, 6.45) is 6.95. The standard InChI is InChI=1S/C18H25N5O2.2ClH/c1-11(2)16(21-15(24)9-12-5-3-7-14(12)19)18-22-17(23-25-18)13-6-4-8-20-10-13;;/h4,6,8,10-12,14,16H,3,5,7,9,19H2,1-2H3,(H,21,24);2*1H/t12-,14+,16?;;/m0../s1. The second-order valence-corrected chi connectivity index (χ2v) is 7.05. The molecule has 0 saturated heterocycles. The summed E-state index contributed by atoms with van der Waals surface area (Å²) in [4.78, 5) is 20.9. The summed E-state index contributed by atoms with van der Waals surface area (Å²) in [7, 11) is 0. The van der Waals surface area contributed by atoms with Gasteiger partial charge >= 0.3 is 0 Å². The average Bonchev–Trinajstić information content (AvgIpc) is 3.23. The maximum absolute atomic E-state index is 12.4. The van der Waals surface area contributed by atoms with Crippen molar-refractivity contribution in [2.45, 2.75) is 51.6 Å². The lowest BCUT2D eigenvalue weighted by Gasteiger charge is -2.21. The van der Waals surface area contributed by atoms with Crippen molar-refractivity contribution in [1.82, 2.24) is 20.4 Å². The number of carbonyl (C=O) groups excluding carboxylic acids is 1. The van der Waals surface area contributed by atoms with Gasteiger partial charge in [-0.3, -0.25) is 9.78 Å². The molecule has 2 heterocycles. The van der Waals surface area contributed by atoms with E-state index in [1.165, 1.54) is 0 Å². The fraction of sp³-hybridized carbons (Fsp3) is 0.556. The molecule has 150 valence electrons. The summed E-state index contributed by atoms with van der Waals surface area (Å²) in [6.45, 7) is 4.03. The van der Waals surface area contributed by atoms with Crippen LogP contribution in [0, 0.1) is 11.8 Å². The van der Waals surface area contributed by atoms with Gasteiger partial charge in [-0.2, -0.15) is 4.98 Å². The van der Waals surface area contributed by atoms with E-state index in [1.54, 1.807) is 12.4 Å². The van der Waals surface area contributed by atoms with Crippen molar-refractivity contribution in [2.24, 2.45) is 17.6 Å². The topological polar surface area (TPSA) is 107 Å². The summed E-state index contributed by atoms with van der Waals surface area (Å²) < 4.78 is 5.41. The smallest absolute Gasteiger partial charge is 0.249 e. The van der Waals surface area contributed by atoms with Crippen LogP contribution in [0.5, 0.6) is 0 Å². The molecular weight excluding hydrogens is 389 g/mol. The highest BCUT2D eigenvalue weighted by molar-refractivity contribution is 5.85. The Morgan fingerprint density at radius 3 is 2.74 bits per heavy atom. The molecule has 0 aliphatic heterocycles. The molecule has 1 fully saturated rings. The molecule has 2 aromatic rings. The third kappa shape index (κ3) is 5.89. The predicted octanol–water partition coefficient (Wildman–Crippen LogP) is 3.31. The molecule has 0 spiro atoms. The van der Waals surface area contributed by atoms with Crippen molar-refractivity contribution in [3.05, 3.63) is 30.4 Å². The Morgan fingerprint density at radius 2 is 2.15 bits per heavy atom. The maximum Gasteiger partial charge on any atom is 0.249 e. The number of hydrogen-bond donors (Lipinski definition) is 2. The summed E-state index contributed by atoms with van der Waals surface area (Å²) >= 11 is 0. The Labute approximate surface area is 171 Å². The normalized spacial score (nSPS) is 19.9. The largest absolute Gasteiger partial charge is 0.344 e. The van der Waals surface area contributed by atoms with Crippen molar-refractivity contribution in [1.29, 1.82) is 0 Å². The first-order valence-corrected chi connectivity index (χ1v) is 8.83. The third-order valence-electron chi connectivity index (χ3n) is 4.78. The Hall–Kier alpha value is -1.70. The van der Waals surface area contributed by atoms with Crippen LogP contribution in [0.1, 0.15) is 51.5 Å². The Morgan fingerprint density at radius 1 is 1.37 bits per heavy atom. The second kappa shape index (κ2) is 10.6. The summed E-state index contributed by atoms with van der Waals surface area (Å²) in [6, 6.07) is 3.50. The highest BCUT2D eigenvalue weighted by atomic mass is 35.5. The summed E-state index contributed by atoms with van der Waals surface area (Å²) in [5.74, 6) is 1.27. The zero-order chi connectivity index (χ0) is 17.8. The van der Waals surface area contributed by atoms with Crippen molar-refractivity contribution in [3.63, 3.8) is 0 Å². The van der Waals surface area contributed by atoms with Crippen LogP contribution in [0.25, 0.3) is 11.4 Å². The molecule has 3 N–H and O–H groups in total. The van der Waals surface area contributed by atoms with Crippen LogP contribution in [0.15, 0.2) is 29.0 Å². The number of aromatic nitrogens is 3. The Bertz CT molecular complexity index is 711. The first-order valence-electron chi connectivity index (χ1n) is 8.83. The maximum atomic E-state index is 12.4. The molecule has 1 amide bonds. The van der Waals surface area contributed by atoms with E-state index in [0.29, 0.717) is 18.1 Å². The van der Waals surface area contributed by atoms with Crippen LogP contribution in [0.4, 0.5) is 0 Å². The number of rotatable bonds is 6. The number of nitrogens with zero attached hydrogens (tertiary/aromatic N) is 3. The molecule has 2 aromatic heterocycles. The van der Waals surface area contributed by atoms with Gasteiger partial charge in [0.1, 0.15) is 6.04 Å². The third-order valence-corrected chi connectivity index (χ3v) is 4.78. The van der Waals surface area contributed by atoms with E-state index in [0.717, 1.165) is 24.8 Å². The SMILES string of the molecule is CC(C)C(NC(=O)C[C@@H]1CCC[C@H]1N)c1nc(-c2cccnc2)no1.Cl.Cl. The monoisotopic (exact) mass is 415 g/mol. The van der Waals surface area contributed by atoms with E-state index in [4.69, 9.17) is 10.3 Å². The molecule has 27 heavy (non-hydrogen) atoms. The van der Waals surface area contributed by atoms with Crippen LogP contribution in [-0.2, 0) is 4.79 Å². The van der Waals surface area contributed by atoms with E-state index in [2.05, 4.69) is 20.4 Å². The van der Waals surface area contributed by atoms with Crippen LogP contribution in [-0.4, -0.2) is 27.1 Å². The molecule has 0 aromatic carbocycles. The average molecular weight is 416 g/mol. The molecule has 1 saturated carbocycles. The van der Waals surface area contributed by atoms with Gasteiger partial charge in [0.2, 0.25) is 17.6 Å². The molecular formula is C18H27Cl2N5O2. The van der Waals surface area contributed by atoms with Crippen molar-refractivity contribution in [2.75, 3.05) is 0 Å². The lowest BCUT2D eigenvalue weighted by Crippen LogP contribution is -2.35. The number of nitrogens with one attached hydrogen (secondary N) is 1. The minimum absolute atomic E-state index is 0. The number of pyridine rings is 1. The number of halogens is 2. The number of hydrogen-bond acceptors (Lipinski definition) is 6. The Balaban J connectivity index is 0.00000182. The van der Waals surface area contributed by atoms with E-state index in [-0.39, 0.29) is 54.6 Å². The lowest BCUT2D eigenvalue weighted by atomic mass is 9.98. The summed E-state index contributed by atoms with van der Waals surface area (Å²) in [5, 5.41) is 7.05. The molecule has 9 heteroatoms. The lowest BCUT2D eigenvalue weighted by molar-refractivity contribution is -0.123. The van der Waals surface area contributed by atoms with E-state index in [9.17, 15) is 4.79 Å². The van der Waals surface area contributed by atoms with Gasteiger partial charge in [0.05, 0.1) is 0 Å². The molecule has 3 atom stereocenters. The van der Waals surface area contributed by atoms with Crippen molar-refractivity contribution in [3.8, 4) is 11.4 Å². The molecule has 1 aliphatic rings. The summed E-state index contributed by atoms with van der Waals surface area (Å²) in [5.41, 5.74) is 6.85. The van der Waals surface area contributed by atoms with Gasteiger partial charge in [0.25, 0.3) is 0 Å². The number of amides is 1. The Kier molecular flexibility index (Phi) is 9.15. The highest BCUT2D eigenvalue weighted by Crippen LogP contribution is 2.28. The fourth-order valence-corrected chi connectivity index (χ4v) is 3.28. The van der Waals surface area contributed by atoms with Crippen LogP contribution >= 0.6 is 24.8 Å². The van der Waals surface area contributed by atoms with E-state index >= 15 is 0 Å². The van der Waals surface area contributed by atoms with Gasteiger partial charge < -0.3 is 15.6 Å². The zero-order valence-electron chi connectivity index (χ0n) is 15.5. The van der Waals surface area contributed by atoms with Gasteiger partial charge in [0.15, 0.2) is 0 Å². The molecule has 0 radical (unpaired) electrons. The van der Waals surface area contributed by atoms with Crippen molar-refractivity contribution >= 4 is 30.7 Å². The van der Waals surface area contributed by atoms with Crippen molar-refractivity contribution < 1.29 is 9.32 Å². The highest BCUT2D eigenvalue weighted by Gasteiger charge is 2.29. The van der Waals surface area contributed by atoms with E-state index in [1.807, 2.05) is 26.0 Å². The number of carbonyl (C=O) groups is 1. The van der Waals surface area contributed by atoms with Crippen LogP contribution in [0.2, 0.25) is 0 Å². The first-order chi connectivity index (χ1) is 12.0. The second-order valence-electron chi connectivity index (χ2n) is 7.05.